The highest BCUT2D eigenvalue weighted by Gasteiger charge is 2.23. The molecule has 0 heterocycles. The van der Waals surface area contributed by atoms with Crippen LogP contribution in [0, 0.1) is 11.3 Å². The maximum atomic E-state index is 12.7. The smallest absolute Gasteiger partial charge is 0.351 e. The Morgan fingerprint density at radius 3 is 2.39 bits per heavy atom. The molecule has 0 aliphatic carbocycles. The molecule has 1 N–H and O–H groups in total. The molecule has 9 heteroatoms. The highest BCUT2D eigenvalue weighted by atomic mass is 35.5. The maximum Gasteiger partial charge on any atom is 0.351 e. The van der Waals surface area contributed by atoms with Crippen molar-refractivity contribution in [3.63, 3.8) is 0 Å². The van der Waals surface area contributed by atoms with Gasteiger partial charge in [-0.05, 0) is 36.8 Å². The van der Waals surface area contributed by atoms with Crippen LogP contribution in [-0.4, -0.2) is 21.0 Å². The predicted octanol–water partition coefficient (Wildman–Crippen LogP) is 3.85. The van der Waals surface area contributed by atoms with E-state index in [9.17, 15) is 18.5 Å². The van der Waals surface area contributed by atoms with Crippen molar-refractivity contribution in [2.75, 3.05) is 6.61 Å². The van der Waals surface area contributed by atoms with Crippen LogP contribution in [0.1, 0.15) is 12.5 Å². The number of nitriles is 1. The van der Waals surface area contributed by atoms with Gasteiger partial charge < -0.3 is 4.74 Å². The Morgan fingerprint density at radius 2 is 1.82 bits per heavy atom. The molecule has 0 amide bonds. The number of carbonyl (C=O) groups is 1. The molecule has 0 saturated carbocycles. The molecule has 2 aromatic carbocycles. The number of carbonyl (C=O) groups excluding carboxylic acids is 1. The molecule has 0 unspecified atom stereocenters. The van der Waals surface area contributed by atoms with Gasteiger partial charge in [0.25, 0.3) is 10.0 Å². The normalized spacial score (nSPS) is 11.9. The van der Waals surface area contributed by atoms with E-state index in [1.807, 2.05) is 30.3 Å². The standard InChI is InChI=1S/C19H17ClN2O4S2/c1-2-26-19(23)17(12-21)18(27-13-14-6-4-3-5-7-14)22-28(24,25)16-10-8-15(20)9-11-16/h3-11,22H,2,13H2,1H3. The summed E-state index contributed by atoms with van der Waals surface area (Å²) < 4.78 is 32.6. The first-order chi connectivity index (χ1) is 13.4. The summed E-state index contributed by atoms with van der Waals surface area (Å²) in [6.07, 6.45) is 0. The predicted molar refractivity (Wildman–Crippen MR) is 109 cm³/mol. The molecule has 0 aromatic heterocycles. The van der Waals surface area contributed by atoms with Crippen molar-refractivity contribution >= 4 is 39.4 Å². The lowest BCUT2D eigenvalue weighted by molar-refractivity contribution is -0.138. The van der Waals surface area contributed by atoms with Crippen LogP contribution >= 0.6 is 23.4 Å². The zero-order valence-corrected chi connectivity index (χ0v) is 17.3. The quantitative estimate of drug-likeness (QED) is 0.383. The largest absolute Gasteiger partial charge is 0.462 e. The number of esters is 1. The van der Waals surface area contributed by atoms with Crippen LogP contribution < -0.4 is 4.72 Å². The Balaban J connectivity index is 2.38. The van der Waals surface area contributed by atoms with Crippen molar-refractivity contribution in [1.82, 2.24) is 4.72 Å². The summed E-state index contributed by atoms with van der Waals surface area (Å²) >= 11 is 6.83. The third kappa shape index (κ3) is 6.02. The molecule has 0 bridgehead atoms. The van der Waals surface area contributed by atoms with E-state index < -0.39 is 21.6 Å². The highest BCUT2D eigenvalue weighted by Crippen LogP contribution is 2.25. The first-order valence-corrected chi connectivity index (χ1v) is 11.0. The summed E-state index contributed by atoms with van der Waals surface area (Å²) in [4.78, 5) is 12.1. The van der Waals surface area contributed by atoms with E-state index in [0.717, 1.165) is 17.3 Å². The highest BCUT2D eigenvalue weighted by molar-refractivity contribution is 8.03. The van der Waals surface area contributed by atoms with Crippen LogP contribution in [-0.2, 0) is 25.3 Å². The second kappa shape index (κ2) is 10.2. The number of nitrogens with zero attached hydrogens (tertiary/aromatic N) is 1. The molecular formula is C19H17ClN2O4S2. The average molecular weight is 437 g/mol. The number of thioether (sulfide) groups is 1. The van der Waals surface area contributed by atoms with Crippen molar-refractivity contribution in [1.29, 1.82) is 5.26 Å². The third-order valence-electron chi connectivity index (χ3n) is 3.40. The minimum atomic E-state index is -4.03. The van der Waals surface area contributed by atoms with Crippen LogP contribution in [0.3, 0.4) is 0 Å². The molecule has 28 heavy (non-hydrogen) atoms. The molecule has 0 aliphatic heterocycles. The summed E-state index contributed by atoms with van der Waals surface area (Å²) in [7, 11) is -4.03. The number of benzene rings is 2. The van der Waals surface area contributed by atoms with E-state index >= 15 is 0 Å². The Morgan fingerprint density at radius 1 is 1.18 bits per heavy atom. The Bertz CT molecular complexity index is 998. The zero-order chi connectivity index (χ0) is 20.6. The fourth-order valence-electron chi connectivity index (χ4n) is 2.07. The van der Waals surface area contributed by atoms with Gasteiger partial charge in [-0.3, -0.25) is 4.72 Å². The fourth-order valence-corrected chi connectivity index (χ4v) is 4.50. The maximum absolute atomic E-state index is 12.7. The molecule has 0 saturated heterocycles. The van der Waals surface area contributed by atoms with Crippen molar-refractivity contribution in [3.8, 4) is 6.07 Å². The van der Waals surface area contributed by atoms with Crippen LogP contribution in [0.4, 0.5) is 0 Å². The average Bonchev–Trinajstić information content (AvgIpc) is 2.67. The molecule has 0 atom stereocenters. The zero-order valence-electron chi connectivity index (χ0n) is 14.9. The third-order valence-corrected chi connectivity index (χ3v) is 6.21. The van der Waals surface area contributed by atoms with Gasteiger partial charge in [-0.15, -0.1) is 11.8 Å². The van der Waals surface area contributed by atoms with E-state index in [4.69, 9.17) is 16.3 Å². The number of nitrogens with one attached hydrogen (secondary N) is 1. The van der Waals surface area contributed by atoms with Crippen LogP contribution in [0.2, 0.25) is 5.02 Å². The first-order valence-electron chi connectivity index (χ1n) is 8.14. The molecule has 0 radical (unpaired) electrons. The SMILES string of the molecule is CCOC(=O)C(C#N)=C(NS(=O)(=O)c1ccc(Cl)cc1)SCc1ccccc1. The lowest BCUT2D eigenvalue weighted by Crippen LogP contribution is -2.25. The first kappa shape index (κ1) is 21.8. The molecule has 2 rings (SSSR count). The Kier molecular flexibility index (Phi) is 7.93. The fraction of sp³-hybridized carbons (Fsp3) is 0.158. The number of hydrogen-bond acceptors (Lipinski definition) is 6. The van der Waals surface area contributed by atoms with Gasteiger partial charge in [-0.1, -0.05) is 41.9 Å². The van der Waals surface area contributed by atoms with Gasteiger partial charge in [-0.25, -0.2) is 13.2 Å². The number of rotatable bonds is 8. The second-order valence-corrected chi connectivity index (χ2v) is 8.47. The van der Waals surface area contributed by atoms with Crippen molar-refractivity contribution < 1.29 is 17.9 Å². The van der Waals surface area contributed by atoms with Crippen LogP contribution in [0.5, 0.6) is 0 Å². The number of halogens is 1. The minimum absolute atomic E-state index is 0.0455. The van der Waals surface area contributed by atoms with Crippen molar-refractivity contribution in [2.45, 2.75) is 17.6 Å². The summed E-state index contributed by atoms with van der Waals surface area (Å²) in [5.41, 5.74) is 0.497. The van der Waals surface area contributed by atoms with Gasteiger partial charge >= 0.3 is 5.97 Å². The van der Waals surface area contributed by atoms with Gasteiger partial charge in [0.05, 0.1) is 11.5 Å². The summed E-state index contributed by atoms with van der Waals surface area (Å²) in [5, 5.41) is 9.71. The van der Waals surface area contributed by atoms with E-state index in [2.05, 4.69) is 4.72 Å². The van der Waals surface area contributed by atoms with E-state index in [1.54, 1.807) is 13.0 Å². The van der Waals surface area contributed by atoms with Gasteiger partial charge in [0, 0.05) is 10.8 Å². The van der Waals surface area contributed by atoms with E-state index in [1.165, 1.54) is 24.3 Å². The molecule has 6 nitrogen and oxygen atoms in total. The van der Waals surface area contributed by atoms with E-state index in [-0.39, 0.29) is 16.5 Å². The van der Waals surface area contributed by atoms with Gasteiger partial charge in [-0.2, -0.15) is 5.26 Å². The van der Waals surface area contributed by atoms with Gasteiger partial charge in [0.1, 0.15) is 11.1 Å². The monoisotopic (exact) mass is 436 g/mol. The lowest BCUT2D eigenvalue weighted by atomic mass is 10.2. The van der Waals surface area contributed by atoms with Crippen LogP contribution in [0.25, 0.3) is 0 Å². The van der Waals surface area contributed by atoms with E-state index in [0.29, 0.717) is 10.8 Å². The molecule has 0 aliphatic rings. The Labute approximate surface area is 173 Å². The molecule has 2 aromatic rings. The summed E-state index contributed by atoms with van der Waals surface area (Å²) in [5.74, 6) is -0.538. The second-order valence-electron chi connectivity index (χ2n) is 5.37. The summed E-state index contributed by atoms with van der Waals surface area (Å²) in [6, 6.07) is 16.5. The van der Waals surface area contributed by atoms with Gasteiger partial charge in [0.2, 0.25) is 0 Å². The number of ether oxygens (including phenoxy) is 1. The summed E-state index contributed by atoms with van der Waals surface area (Å²) in [6.45, 7) is 1.66. The van der Waals surface area contributed by atoms with Crippen molar-refractivity contribution in [3.05, 3.63) is 75.8 Å². The molecule has 146 valence electrons. The topological polar surface area (TPSA) is 96.3 Å². The minimum Gasteiger partial charge on any atom is -0.462 e. The van der Waals surface area contributed by atoms with Crippen LogP contribution in [0.15, 0.2) is 70.1 Å². The molecule has 0 fully saturated rings. The molecular weight excluding hydrogens is 420 g/mol. The van der Waals surface area contributed by atoms with Gasteiger partial charge in [0.15, 0.2) is 5.57 Å². The number of sulfonamides is 1. The van der Waals surface area contributed by atoms with Crippen molar-refractivity contribution in [2.24, 2.45) is 0 Å². The molecule has 0 spiro atoms. The Hall–Kier alpha value is -2.47. The number of hydrogen-bond donors (Lipinski definition) is 1. The lowest BCUT2D eigenvalue weighted by Gasteiger charge is -2.13.